The van der Waals surface area contributed by atoms with Crippen LogP contribution in [0, 0.1) is 0 Å². The third-order valence-corrected chi connectivity index (χ3v) is 4.09. The predicted octanol–water partition coefficient (Wildman–Crippen LogP) is 2.47. The van der Waals surface area contributed by atoms with Gasteiger partial charge in [-0.05, 0) is 36.8 Å². The van der Waals surface area contributed by atoms with E-state index >= 15 is 0 Å². The smallest absolute Gasteiger partial charge is 0.340 e. The van der Waals surface area contributed by atoms with Gasteiger partial charge in [-0.3, -0.25) is 0 Å². The van der Waals surface area contributed by atoms with Crippen molar-refractivity contribution in [1.82, 2.24) is 29.8 Å². The topological polar surface area (TPSA) is 87.7 Å². The average Bonchev–Trinajstić information content (AvgIpc) is 3.32. The van der Waals surface area contributed by atoms with Crippen LogP contribution in [0.5, 0.6) is 0 Å². The number of carbonyl (C=O) groups excluding carboxylic acids is 1. The van der Waals surface area contributed by atoms with Crippen LogP contribution in [0.25, 0.3) is 16.9 Å². The Morgan fingerprint density at radius 1 is 1.23 bits per heavy atom. The van der Waals surface area contributed by atoms with Crippen molar-refractivity contribution in [1.29, 1.82) is 0 Å². The second-order valence-electron chi connectivity index (χ2n) is 5.87. The van der Waals surface area contributed by atoms with Crippen LogP contribution in [0.15, 0.2) is 55.0 Å². The molecule has 0 radical (unpaired) electrons. The van der Waals surface area contributed by atoms with E-state index in [1.807, 2.05) is 43.5 Å². The normalized spacial score (nSPS) is 12.2. The Labute approximate surface area is 149 Å². The van der Waals surface area contributed by atoms with E-state index in [9.17, 15) is 4.79 Å². The van der Waals surface area contributed by atoms with Crippen molar-refractivity contribution >= 4 is 17.1 Å². The molecule has 0 N–H and O–H groups in total. The molecule has 1 atom stereocenters. The Bertz CT molecular complexity index is 1050. The van der Waals surface area contributed by atoms with Gasteiger partial charge in [0.2, 0.25) is 0 Å². The van der Waals surface area contributed by atoms with Gasteiger partial charge < -0.3 is 4.74 Å². The monoisotopic (exact) mass is 348 g/mol. The van der Waals surface area contributed by atoms with Gasteiger partial charge in [0.25, 0.3) is 0 Å². The first kappa shape index (κ1) is 15.9. The summed E-state index contributed by atoms with van der Waals surface area (Å²) in [7, 11) is 1.75. The molecule has 3 heterocycles. The molecule has 0 saturated heterocycles. The van der Waals surface area contributed by atoms with Crippen molar-refractivity contribution < 1.29 is 9.53 Å². The Morgan fingerprint density at radius 2 is 2.04 bits per heavy atom. The molecule has 26 heavy (non-hydrogen) atoms. The van der Waals surface area contributed by atoms with E-state index in [0.29, 0.717) is 16.7 Å². The molecule has 4 rings (SSSR count). The van der Waals surface area contributed by atoms with Crippen LogP contribution in [0.1, 0.15) is 28.9 Å². The van der Waals surface area contributed by atoms with Gasteiger partial charge >= 0.3 is 5.97 Å². The molecule has 1 aromatic carbocycles. The molecule has 130 valence electrons. The summed E-state index contributed by atoms with van der Waals surface area (Å²) < 4.78 is 8.87. The molecule has 0 fully saturated rings. The highest BCUT2D eigenvalue weighted by atomic mass is 16.5. The summed E-state index contributed by atoms with van der Waals surface area (Å²) >= 11 is 0. The molecule has 0 saturated carbocycles. The van der Waals surface area contributed by atoms with Crippen LogP contribution in [0.2, 0.25) is 0 Å². The standard InChI is InChI=1S/C18H16N6O2/c1-12(13-4-6-15(7-5-13)24-9-3-8-20-24)26-18(25)14-10-16-17(19-11-14)23(2)22-21-16/h3-12H,1-2H3. The van der Waals surface area contributed by atoms with Crippen molar-refractivity contribution in [2.45, 2.75) is 13.0 Å². The van der Waals surface area contributed by atoms with Gasteiger partial charge in [-0.25, -0.2) is 19.1 Å². The van der Waals surface area contributed by atoms with Crippen molar-refractivity contribution in [3.05, 3.63) is 66.1 Å². The van der Waals surface area contributed by atoms with Gasteiger partial charge in [-0.2, -0.15) is 5.10 Å². The lowest BCUT2D eigenvalue weighted by molar-refractivity contribution is 0.0337. The highest BCUT2D eigenvalue weighted by molar-refractivity contribution is 5.92. The first-order chi connectivity index (χ1) is 12.6. The number of esters is 1. The summed E-state index contributed by atoms with van der Waals surface area (Å²) in [5, 5.41) is 12.0. The fourth-order valence-electron chi connectivity index (χ4n) is 2.65. The third kappa shape index (κ3) is 2.92. The molecule has 0 spiro atoms. The van der Waals surface area contributed by atoms with Gasteiger partial charge in [-0.1, -0.05) is 17.3 Å². The minimum atomic E-state index is -0.450. The molecular weight excluding hydrogens is 332 g/mol. The number of pyridine rings is 1. The highest BCUT2D eigenvalue weighted by Crippen LogP contribution is 2.21. The zero-order valence-electron chi connectivity index (χ0n) is 14.3. The van der Waals surface area contributed by atoms with Gasteiger partial charge in [0.1, 0.15) is 11.6 Å². The molecule has 0 aliphatic rings. The summed E-state index contributed by atoms with van der Waals surface area (Å²) in [6, 6.07) is 11.2. The lowest BCUT2D eigenvalue weighted by Gasteiger charge is -2.14. The summed E-state index contributed by atoms with van der Waals surface area (Å²) in [5.41, 5.74) is 3.34. The van der Waals surface area contributed by atoms with Crippen molar-refractivity contribution in [2.75, 3.05) is 0 Å². The van der Waals surface area contributed by atoms with Crippen molar-refractivity contribution in [3.63, 3.8) is 0 Å². The fourth-order valence-corrected chi connectivity index (χ4v) is 2.65. The molecule has 0 aliphatic carbocycles. The fraction of sp³-hybridized carbons (Fsp3) is 0.167. The van der Waals surface area contributed by atoms with E-state index in [-0.39, 0.29) is 0 Å². The number of benzene rings is 1. The number of rotatable bonds is 4. The summed E-state index contributed by atoms with van der Waals surface area (Å²) in [6.07, 6.45) is 4.67. The zero-order valence-corrected chi connectivity index (χ0v) is 14.3. The van der Waals surface area contributed by atoms with Gasteiger partial charge in [0, 0.05) is 25.6 Å². The molecular formula is C18H16N6O2. The Balaban J connectivity index is 1.49. The van der Waals surface area contributed by atoms with Gasteiger partial charge in [0.15, 0.2) is 5.65 Å². The second kappa shape index (κ2) is 6.40. The molecule has 8 nitrogen and oxygen atoms in total. The van der Waals surface area contributed by atoms with Crippen molar-refractivity contribution in [2.24, 2.45) is 7.05 Å². The maximum absolute atomic E-state index is 12.4. The summed E-state index contributed by atoms with van der Waals surface area (Å²) in [4.78, 5) is 16.6. The highest BCUT2D eigenvalue weighted by Gasteiger charge is 2.16. The summed E-state index contributed by atoms with van der Waals surface area (Å²) in [6.45, 7) is 1.83. The van der Waals surface area contributed by atoms with Crippen LogP contribution in [-0.2, 0) is 11.8 Å². The van der Waals surface area contributed by atoms with E-state index < -0.39 is 12.1 Å². The van der Waals surface area contributed by atoms with Gasteiger partial charge in [0.05, 0.1) is 11.3 Å². The zero-order chi connectivity index (χ0) is 18.1. The van der Waals surface area contributed by atoms with Crippen LogP contribution in [-0.4, -0.2) is 35.7 Å². The summed E-state index contributed by atoms with van der Waals surface area (Å²) in [5.74, 6) is -0.450. The number of nitrogens with zero attached hydrogens (tertiary/aromatic N) is 6. The van der Waals surface area contributed by atoms with Crippen LogP contribution < -0.4 is 0 Å². The number of hydrogen-bond donors (Lipinski definition) is 0. The lowest BCUT2D eigenvalue weighted by atomic mass is 10.1. The second-order valence-corrected chi connectivity index (χ2v) is 5.87. The maximum atomic E-state index is 12.4. The first-order valence-corrected chi connectivity index (χ1v) is 8.08. The molecule has 1 unspecified atom stereocenters. The Morgan fingerprint density at radius 3 is 2.77 bits per heavy atom. The predicted molar refractivity (Wildman–Crippen MR) is 93.7 cm³/mol. The molecule has 8 heteroatoms. The first-order valence-electron chi connectivity index (χ1n) is 8.08. The van der Waals surface area contributed by atoms with E-state index in [2.05, 4.69) is 20.4 Å². The number of fused-ring (bicyclic) bond motifs is 1. The minimum Gasteiger partial charge on any atom is -0.454 e. The van der Waals surface area contributed by atoms with E-state index in [0.717, 1.165) is 11.3 Å². The van der Waals surface area contributed by atoms with Crippen LogP contribution >= 0.6 is 0 Å². The number of ether oxygens (including phenoxy) is 1. The average molecular weight is 348 g/mol. The van der Waals surface area contributed by atoms with Gasteiger partial charge in [-0.15, -0.1) is 5.10 Å². The molecule has 0 aliphatic heterocycles. The molecule has 4 aromatic rings. The maximum Gasteiger partial charge on any atom is 0.340 e. The van der Waals surface area contributed by atoms with Crippen molar-refractivity contribution in [3.8, 4) is 5.69 Å². The Hall–Kier alpha value is -3.55. The Kier molecular flexibility index (Phi) is 3.92. The largest absolute Gasteiger partial charge is 0.454 e. The molecule has 0 amide bonds. The third-order valence-electron chi connectivity index (χ3n) is 4.09. The molecule has 3 aromatic heterocycles. The van der Waals surface area contributed by atoms with E-state index in [4.69, 9.17) is 4.74 Å². The minimum absolute atomic E-state index is 0.345. The quantitative estimate of drug-likeness (QED) is 0.527. The lowest BCUT2D eigenvalue weighted by Crippen LogP contribution is -2.10. The van der Waals surface area contributed by atoms with Crippen LogP contribution in [0.4, 0.5) is 0 Å². The SMILES string of the molecule is CC(OC(=O)c1cnc2c(c1)nnn2C)c1ccc(-n2cccn2)cc1. The number of carbonyl (C=O) groups is 1. The van der Waals surface area contributed by atoms with Crippen LogP contribution in [0.3, 0.4) is 0 Å². The van der Waals surface area contributed by atoms with E-state index in [1.165, 1.54) is 6.20 Å². The molecule has 0 bridgehead atoms. The number of aromatic nitrogens is 6. The number of aryl methyl sites for hydroxylation is 1. The van der Waals surface area contributed by atoms with E-state index in [1.54, 1.807) is 28.7 Å². The number of hydrogen-bond acceptors (Lipinski definition) is 6.